The lowest BCUT2D eigenvalue weighted by Gasteiger charge is -2.15. The second kappa shape index (κ2) is 14.0. The molecule has 0 unspecified atom stereocenters. The molecule has 2 N–H and O–H groups in total. The van der Waals surface area contributed by atoms with E-state index >= 15 is 0 Å². The Morgan fingerprint density at radius 1 is 0.854 bits per heavy atom. The molecule has 0 spiro atoms. The molecule has 48 heavy (non-hydrogen) atoms. The van der Waals surface area contributed by atoms with Crippen molar-refractivity contribution in [3.63, 3.8) is 0 Å². The summed E-state index contributed by atoms with van der Waals surface area (Å²) in [5, 5.41) is 12.6. The summed E-state index contributed by atoms with van der Waals surface area (Å²) in [5.74, 6) is -2.00. The number of carbonyl (C=O) groups is 2. The van der Waals surface area contributed by atoms with Crippen LogP contribution < -0.4 is 10.6 Å². The van der Waals surface area contributed by atoms with Crippen LogP contribution in [-0.2, 0) is 33.7 Å². The van der Waals surface area contributed by atoms with Crippen LogP contribution in [0.5, 0.6) is 0 Å². The number of benzene rings is 3. The number of amides is 2. The quantitative estimate of drug-likeness (QED) is 0.159. The average molecular weight is 713 g/mol. The third kappa shape index (κ3) is 7.99. The maximum Gasteiger partial charge on any atom is 0.418 e. The second-order valence-corrected chi connectivity index (χ2v) is 13.4. The van der Waals surface area contributed by atoms with Gasteiger partial charge in [-0.3, -0.25) is 14.2 Å². The van der Waals surface area contributed by atoms with E-state index in [1.54, 1.807) is 0 Å². The fourth-order valence-electron chi connectivity index (χ4n) is 4.86. The van der Waals surface area contributed by atoms with E-state index in [-0.39, 0.29) is 33.7 Å². The summed E-state index contributed by atoms with van der Waals surface area (Å²) >= 11 is 0.703. The van der Waals surface area contributed by atoms with E-state index in [2.05, 4.69) is 20.8 Å². The van der Waals surface area contributed by atoms with Crippen molar-refractivity contribution in [3.8, 4) is 5.69 Å². The summed E-state index contributed by atoms with van der Waals surface area (Å²) in [6.07, 6.45) is -7.91. The molecule has 2 amide bonds. The number of para-hydroxylation sites is 1. The number of carbonyl (C=O) groups excluding carboxylic acids is 2. The number of thioether (sulfide) groups is 1. The smallest absolute Gasteiger partial charge is 0.345 e. The monoisotopic (exact) mass is 712 g/mol. The number of halogens is 6. The molecular weight excluding hydrogens is 686 g/mol. The van der Waals surface area contributed by atoms with E-state index in [1.165, 1.54) is 51.3 Å². The summed E-state index contributed by atoms with van der Waals surface area (Å²) in [5.41, 5.74) is -2.48. The Kier molecular flexibility index (Phi) is 10.2. The van der Waals surface area contributed by atoms with Crippen LogP contribution in [0.15, 0.2) is 82.8 Å². The average Bonchev–Trinajstić information content (AvgIpc) is 3.73. The Morgan fingerprint density at radius 3 is 2.21 bits per heavy atom. The Hall–Kier alpha value is -4.42. The number of sulfonamides is 1. The van der Waals surface area contributed by atoms with Crippen molar-refractivity contribution < 1.29 is 44.3 Å². The number of nitrogens with one attached hydrogen (secondary N) is 2. The van der Waals surface area contributed by atoms with Crippen molar-refractivity contribution in [3.05, 3.63) is 95.3 Å². The molecule has 1 fully saturated rings. The number of aromatic nitrogens is 3. The molecule has 1 aromatic heterocycles. The molecule has 5 rings (SSSR count). The lowest BCUT2D eigenvalue weighted by Crippen LogP contribution is -2.28. The van der Waals surface area contributed by atoms with Crippen LogP contribution >= 0.6 is 11.8 Å². The largest absolute Gasteiger partial charge is 0.418 e. The summed E-state index contributed by atoms with van der Waals surface area (Å²) < 4.78 is 109. The minimum absolute atomic E-state index is 0.0258. The van der Waals surface area contributed by atoms with Crippen LogP contribution in [0, 0.1) is 0 Å². The molecule has 4 aromatic rings. The Labute approximate surface area is 274 Å². The zero-order chi connectivity index (χ0) is 34.7. The van der Waals surface area contributed by atoms with Gasteiger partial charge >= 0.3 is 12.4 Å². The Bertz CT molecular complexity index is 1910. The maximum atomic E-state index is 13.5. The van der Waals surface area contributed by atoms with Gasteiger partial charge in [0.1, 0.15) is 0 Å². The third-order valence-electron chi connectivity index (χ3n) is 7.20. The molecule has 0 aliphatic carbocycles. The van der Waals surface area contributed by atoms with Crippen LogP contribution in [-0.4, -0.2) is 58.1 Å². The Balaban J connectivity index is 1.34. The molecule has 254 valence electrons. The van der Waals surface area contributed by atoms with Gasteiger partial charge in [0.05, 0.1) is 39.7 Å². The first-order valence-electron chi connectivity index (χ1n) is 14.2. The predicted molar refractivity (Wildman–Crippen MR) is 163 cm³/mol. The highest BCUT2D eigenvalue weighted by atomic mass is 32.2. The van der Waals surface area contributed by atoms with Gasteiger partial charge in [0.2, 0.25) is 15.9 Å². The van der Waals surface area contributed by atoms with E-state index in [1.807, 2.05) is 0 Å². The topological polar surface area (TPSA) is 126 Å². The third-order valence-corrected chi connectivity index (χ3v) is 10.0. The molecule has 10 nitrogen and oxygen atoms in total. The molecule has 0 radical (unpaired) electrons. The minimum Gasteiger partial charge on any atom is -0.345 e. The van der Waals surface area contributed by atoms with Crippen molar-refractivity contribution >= 4 is 39.3 Å². The zero-order valence-electron chi connectivity index (χ0n) is 24.7. The van der Waals surface area contributed by atoms with Crippen molar-refractivity contribution in [2.75, 3.05) is 24.2 Å². The van der Waals surface area contributed by atoms with Crippen LogP contribution in [0.3, 0.4) is 0 Å². The zero-order valence-corrected chi connectivity index (χ0v) is 26.3. The maximum absolute atomic E-state index is 13.5. The molecule has 0 saturated carbocycles. The van der Waals surface area contributed by atoms with Crippen LogP contribution in [0.1, 0.15) is 40.2 Å². The molecule has 3 aromatic carbocycles. The molecule has 1 aliphatic heterocycles. The van der Waals surface area contributed by atoms with Crippen molar-refractivity contribution in [1.82, 2.24) is 24.4 Å². The Morgan fingerprint density at radius 2 is 1.54 bits per heavy atom. The van der Waals surface area contributed by atoms with Gasteiger partial charge in [-0.25, -0.2) is 8.42 Å². The number of nitrogens with zero attached hydrogens (tertiary/aromatic N) is 4. The molecule has 1 aliphatic rings. The van der Waals surface area contributed by atoms with E-state index in [9.17, 15) is 44.3 Å². The summed E-state index contributed by atoms with van der Waals surface area (Å²) in [6, 6.07) is 13.8. The molecule has 18 heteroatoms. The first-order chi connectivity index (χ1) is 22.6. The first-order valence-corrected chi connectivity index (χ1v) is 16.7. The highest BCUT2D eigenvalue weighted by molar-refractivity contribution is 7.99. The highest BCUT2D eigenvalue weighted by Gasteiger charge is 2.34. The second-order valence-electron chi connectivity index (χ2n) is 10.5. The van der Waals surface area contributed by atoms with Gasteiger partial charge in [0.15, 0.2) is 11.0 Å². The van der Waals surface area contributed by atoms with Crippen LogP contribution in [0.4, 0.5) is 32.0 Å². The number of alkyl halides is 6. The molecule has 0 atom stereocenters. The lowest BCUT2D eigenvalue weighted by atomic mass is 10.1. The van der Waals surface area contributed by atoms with Gasteiger partial charge in [-0.15, -0.1) is 10.2 Å². The molecule has 2 heterocycles. The van der Waals surface area contributed by atoms with Gasteiger partial charge in [0, 0.05) is 18.7 Å². The molecule has 0 bridgehead atoms. The fraction of sp³-hybridized carbons (Fsp3) is 0.267. The number of hydrogen-bond acceptors (Lipinski definition) is 7. The van der Waals surface area contributed by atoms with E-state index < -0.39 is 56.8 Å². The van der Waals surface area contributed by atoms with E-state index in [0.29, 0.717) is 24.9 Å². The standard InChI is InChI=1S/C30H26F6N6O4S2/c31-29(32,33)20-6-5-7-21(16-20)42-25(17-37-27(44)19-10-12-22(13-11-19)48(45,46)41-14-3-4-15-41)39-40-28(42)47-18-26(43)38-24-9-2-1-8-23(24)30(34,35)36/h1-2,5-13,16H,3-4,14-15,17-18H2,(H,37,44)(H,38,43). The van der Waals surface area contributed by atoms with Crippen LogP contribution in [0.25, 0.3) is 5.69 Å². The molecule has 1 saturated heterocycles. The molecular formula is C30H26F6N6O4S2. The number of hydrogen-bond donors (Lipinski definition) is 2. The van der Waals surface area contributed by atoms with E-state index in [4.69, 9.17) is 0 Å². The van der Waals surface area contributed by atoms with Gasteiger partial charge in [-0.2, -0.15) is 30.6 Å². The number of rotatable bonds is 10. The van der Waals surface area contributed by atoms with Gasteiger partial charge in [-0.1, -0.05) is 30.0 Å². The van der Waals surface area contributed by atoms with E-state index in [0.717, 1.165) is 43.2 Å². The van der Waals surface area contributed by atoms with Crippen molar-refractivity contribution in [2.24, 2.45) is 0 Å². The summed E-state index contributed by atoms with van der Waals surface area (Å²) in [7, 11) is -3.70. The normalized spacial score (nSPS) is 14.2. The van der Waals surface area contributed by atoms with Gasteiger partial charge in [0.25, 0.3) is 5.91 Å². The minimum atomic E-state index is -4.73. The van der Waals surface area contributed by atoms with Crippen molar-refractivity contribution in [2.45, 2.75) is 41.8 Å². The van der Waals surface area contributed by atoms with Gasteiger partial charge in [-0.05, 0) is 67.4 Å². The number of anilines is 1. The first kappa shape index (κ1) is 34.9. The SMILES string of the molecule is O=C(CSc1nnc(CNC(=O)c2ccc(S(=O)(=O)N3CCCC3)cc2)n1-c1cccc(C(F)(F)F)c1)Nc1ccccc1C(F)(F)F. The predicted octanol–water partition coefficient (Wildman–Crippen LogP) is 5.75. The van der Waals surface area contributed by atoms with Crippen LogP contribution in [0.2, 0.25) is 0 Å². The van der Waals surface area contributed by atoms with Crippen molar-refractivity contribution in [1.29, 1.82) is 0 Å². The summed E-state index contributed by atoms with van der Waals surface area (Å²) in [4.78, 5) is 25.6. The summed E-state index contributed by atoms with van der Waals surface area (Å²) in [6.45, 7) is 0.476. The fourth-order valence-corrected chi connectivity index (χ4v) is 7.15. The van der Waals surface area contributed by atoms with Gasteiger partial charge < -0.3 is 10.6 Å². The lowest BCUT2D eigenvalue weighted by molar-refractivity contribution is -0.138. The highest BCUT2D eigenvalue weighted by Crippen LogP contribution is 2.35.